The van der Waals surface area contributed by atoms with E-state index in [1.807, 2.05) is 0 Å². The minimum absolute atomic E-state index is 0.106. The van der Waals surface area contributed by atoms with Crippen LogP contribution in [-0.2, 0) is 4.79 Å². The molecule has 1 aliphatic carbocycles. The van der Waals surface area contributed by atoms with Crippen LogP contribution in [0.2, 0.25) is 0 Å². The monoisotopic (exact) mass is 199 g/mol. The molecule has 2 fully saturated rings. The maximum atomic E-state index is 10.5. The minimum atomic E-state index is -0.947. The molecule has 0 spiro atoms. The first-order valence-electron chi connectivity index (χ1n) is 5.27. The van der Waals surface area contributed by atoms with Crippen molar-refractivity contribution in [1.29, 1.82) is 0 Å². The minimum Gasteiger partial charge on any atom is -0.481 e. The molecule has 1 saturated carbocycles. The number of likely N-dealkylation sites (tertiary alicyclic amines) is 1. The van der Waals surface area contributed by atoms with Crippen LogP contribution in [0.5, 0.6) is 0 Å². The molecule has 0 unspecified atom stereocenters. The lowest BCUT2D eigenvalue weighted by molar-refractivity contribution is -0.144. The fraction of sp³-hybridized carbons (Fsp3) is 0.900. The molecule has 1 heterocycles. The van der Waals surface area contributed by atoms with Crippen molar-refractivity contribution in [2.24, 2.45) is 0 Å². The molecule has 2 rings (SSSR count). The number of carboxylic acids is 1. The van der Waals surface area contributed by atoms with Crippen LogP contribution in [0.1, 0.15) is 32.1 Å². The number of piperidine rings is 1. The Labute approximate surface area is 83.5 Å². The molecule has 0 bridgehead atoms. The highest BCUT2D eigenvalue weighted by molar-refractivity contribution is 5.68. The average molecular weight is 199 g/mol. The van der Waals surface area contributed by atoms with Gasteiger partial charge in [-0.15, -0.1) is 0 Å². The van der Waals surface area contributed by atoms with E-state index in [9.17, 15) is 9.90 Å². The molecule has 2 aliphatic rings. The van der Waals surface area contributed by atoms with Gasteiger partial charge in [0, 0.05) is 19.1 Å². The highest BCUT2D eigenvalue weighted by Gasteiger charge is 2.38. The predicted molar refractivity (Wildman–Crippen MR) is 51.0 cm³/mol. The fourth-order valence-corrected chi connectivity index (χ4v) is 2.20. The third-order valence-electron chi connectivity index (χ3n) is 3.27. The van der Waals surface area contributed by atoms with Gasteiger partial charge in [-0.3, -0.25) is 4.79 Å². The summed E-state index contributed by atoms with van der Waals surface area (Å²) in [7, 11) is 0. The van der Waals surface area contributed by atoms with Crippen molar-refractivity contribution in [3.63, 3.8) is 0 Å². The summed E-state index contributed by atoms with van der Waals surface area (Å²) in [6.07, 6.45) is 3.66. The summed E-state index contributed by atoms with van der Waals surface area (Å²) in [6.45, 7) is 1.71. The lowest BCUT2D eigenvalue weighted by atomic mass is 9.88. The Morgan fingerprint density at radius 1 is 1.36 bits per heavy atom. The Hall–Kier alpha value is -0.610. The summed E-state index contributed by atoms with van der Waals surface area (Å²) in [5.74, 6) is -0.896. The number of nitrogens with zero attached hydrogens (tertiary/aromatic N) is 1. The molecule has 0 amide bonds. The molecule has 0 aromatic heterocycles. The second-order valence-electron chi connectivity index (χ2n) is 4.56. The normalized spacial score (nSPS) is 27.5. The molecule has 80 valence electrons. The number of hydrogen-bond acceptors (Lipinski definition) is 3. The lowest BCUT2D eigenvalue weighted by Gasteiger charge is -2.37. The molecule has 0 atom stereocenters. The number of aliphatic hydroxyl groups is 1. The van der Waals surface area contributed by atoms with Gasteiger partial charge in [0.05, 0.1) is 12.0 Å². The molecule has 4 heteroatoms. The summed E-state index contributed by atoms with van der Waals surface area (Å²) in [4.78, 5) is 12.9. The van der Waals surface area contributed by atoms with Crippen LogP contribution in [0, 0.1) is 0 Å². The van der Waals surface area contributed by atoms with E-state index in [0.717, 1.165) is 19.1 Å². The first-order chi connectivity index (χ1) is 6.59. The number of hydrogen-bond donors (Lipinski definition) is 2. The van der Waals surface area contributed by atoms with Crippen molar-refractivity contribution >= 4 is 5.97 Å². The van der Waals surface area contributed by atoms with E-state index in [4.69, 9.17) is 5.11 Å². The van der Waals surface area contributed by atoms with Crippen LogP contribution >= 0.6 is 0 Å². The Morgan fingerprint density at radius 2 is 1.93 bits per heavy atom. The summed E-state index contributed by atoms with van der Waals surface area (Å²) in [6, 6.07) is 0.726. The van der Waals surface area contributed by atoms with Crippen molar-refractivity contribution in [2.45, 2.75) is 43.7 Å². The quantitative estimate of drug-likeness (QED) is 0.693. The maximum absolute atomic E-state index is 10.5. The number of carbonyl (C=O) groups is 1. The van der Waals surface area contributed by atoms with Crippen molar-refractivity contribution < 1.29 is 15.0 Å². The Morgan fingerprint density at radius 3 is 2.36 bits per heavy atom. The van der Waals surface area contributed by atoms with E-state index in [0.29, 0.717) is 12.8 Å². The van der Waals surface area contributed by atoms with Crippen molar-refractivity contribution in [2.75, 3.05) is 13.1 Å². The molecular formula is C10H17NO3. The Kier molecular flexibility index (Phi) is 2.49. The van der Waals surface area contributed by atoms with Crippen LogP contribution in [0.4, 0.5) is 0 Å². The average Bonchev–Trinajstić information content (AvgIpc) is 2.86. The van der Waals surface area contributed by atoms with Crippen LogP contribution in [0.25, 0.3) is 0 Å². The largest absolute Gasteiger partial charge is 0.481 e. The summed E-state index contributed by atoms with van der Waals surface area (Å²) in [5.41, 5.74) is -0.947. The number of aliphatic carboxylic acids is 1. The van der Waals surface area contributed by atoms with Gasteiger partial charge in [0.15, 0.2) is 0 Å². The third kappa shape index (κ3) is 2.25. The first kappa shape index (κ1) is 9.93. The molecule has 4 nitrogen and oxygen atoms in total. The van der Waals surface area contributed by atoms with Gasteiger partial charge in [0.1, 0.15) is 0 Å². The zero-order valence-corrected chi connectivity index (χ0v) is 8.28. The van der Waals surface area contributed by atoms with E-state index >= 15 is 0 Å². The number of rotatable bonds is 3. The van der Waals surface area contributed by atoms with Crippen molar-refractivity contribution in [3.8, 4) is 0 Å². The molecule has 14 heavy (non-hydrogen) atoms. The predicted octanol–water partition coefficient (Wildman–Crippen LogP) is 0.450. The first-order valence-corrected chi connectivity index (χ1v) is 5.27. The zero-order chi connectivity index (χ0) is 10.2. The van der Waals surface area contributed by atoms with Gasteiger partial charge in [0.2, 0.25) is 0 Å². The fourth-order valence-electron chi connectivity index (χ4n) is 2.20. The van der Waals surface area contributed by atoms with Gasteiger partial charge in [-0.05, 0) is 25.7 Å². The standard InChI is InChI=1S/C10H17NO3/c12-9(13)7-10(14)3-5-11(6-4-10)8-1-2-8/h8,14H,1-7H2,(H,12,13). The third-order valence-corrected chi connectivity index (χ3v) is 3.27. The van der Waals surface area contributed by atoms with Gasteiger partial charge >= 0.3 is 5.97 Å². The van der Waals surface area contributed by atoms with Gasteiger partial charge in [-0.2, -0.15) is 0 Å². The Bertz CT molecular complexity index is 230. The van der Waals surface area contributed by atoms with Crippen molar-refractivity contribution in [1.82, 2.24) is 4.90 Å². The molecule has 0 aromatic rings. The van der Waals surface area contributed by atoms with Gasteiger partial charge in [-0.1, -0.05) is 0 Å². The van der Waals surface area contributed by atoms with Gasteiger partial charge in [0.25, 0.3) is 0 Å². The topological polar surface area (TPSA) is 60.8 Å². The van der Waals surface area contributed by atoms with E-state index in [2.05, 4.69) is 4.90 Å². The highest BCUT2D eigenvalue weighted by atomic mass is 16.4. The molecule has 0 aromatic carbocycles. The molecule has 1 saturated heterocycles. The van der Waals surface area contributed by atoms with E-state index in [1.54, 1.807) is 0 Å². The molecular weight excluding hydrogens is 182 g/mol. The SMILES string of the molecule is O=C(O)CC1(O)CCN(C2CC2)CC1. The van der Waals surface area contributed by atoms with E-state index in [1.165, 1.54) is 12.8 Å². The summed E-state index contributed by atoms with van der Waals surface area (Å²) in [5, 5.41) is 18.6. The van der Waals surface area contributed by atoms with Crippen LogP contribution in [-0.4, -0.2) is 45.8 Å². The van der Waals surface area contributed by atoms with Crippen LogP contribution in [0.15, 0.2) is 0 Å². The molecule has 0 radical (unpaired) electrons. The zero-order valence-electron chi connectivity index (χ0n) is 8.28. The van der Waals surface area contributed by atoms with Crippen LogP contribution in [0.3, 0.4) is 0 Å². The summed E-state index contributed by atoms with van der Waals surface area (Å²) >= 11 is 0. The Balaban J connectivity index is 1.83. The smallest absolute Gasteiger partial charge is 0.306 e. The second-order valence-corrected chi connectivity index (χ2v) is 4.56. The second kappa shape index (κ2) is 3.51. The van der Waals surface area contributed by atoms with Gasteiger partial charge in [-0.25, -0.2) is 0 Å². The van der Waals surface area contributed by atoms with Gasteiger partial charge < -0.3 is 15.1 Å². The van der Waals surface area contributed by atoms with Crippen molar-refractivity contribution in [3.05, 3.63) is 0 Å². The highest BCUT2D eigenvalue weighted by Crippen LogP contribution is 2.33. The summed E-state index contributed by atoms with van der Waals surface area (Å²) < 4.78 is 0. The van der Waals surface area contributed by atoms with Crippen LogP contribution < -0.4 is 0 Å². The van der Waals surface area contributed by atoms with E-state index < -0.39 is 11.6 Å². The maximum Gasteiger partial charge on any atom is 0.306 e. The van der Waals surface area contributed by atoms with E-state index in [-0.39, 0.29) is 6.42 Å². The molecule has 1 aliphatic heterocycles. The lowest BCUT2D eigenvalue weighted by Crippen LogP contribution is -2.46. The molecule has 2 N–H and O–H groups in total. The number of carboxylic acid groups (broad SMARTS) is 1.